The van der Waals surface area contributed by atoms with Crippen LogP contribution < -0.4 is 5.32 Å². The van der Waals surface area contributed by atoms with Crippen LogP contribution in [0.4, 0.5) is 11.4 Å². The van der Waals surface area contributed by atoms with Crippen molar-refractivity contribution in [3.63, 3.8) is 0 Å². The lowest BCUT2D eigenvalue weighted by atomic mass is 10.2. The number of carboxylic acid groups (broad SMARTS) is 1. The van der Waals surface area contributed by atoms with E-state index in [4.69, 9.17) is 28.3 Å². The molecule has 0 aliphatic heterocycles. The first-order chi connectivity index (χ1) is 9.00. The third kappa shape index (κ3) is 2.80. The van der Waals surface area contributed by atoms with E-state index in [9.17, 15) is 4.79 Å². The van der Waals surface area contributed by atoms with E-state index in [1.165, 1.54) is 18.5 Å². The third-order valence-electron chi connectivity index (χ3n) is 2.60. The highest BCUT2D eigenvalue weighted by molar-refractivity contribution is 6.39. The van der Waals surface area contributed by atoms with Gasteiger partial charge in [-0.25, -0.2) is 4.79 Å². The lowest BCUT2D eigenvalue weighted by molar-refractivity contribution is 0.0698. The summed E-state index contributed by atoms with van der Waals surface area (Å²) in [5.41, 5.74) is 1.75. The smallest absolute Gasteiger partial charge is 0.337 e. The van der Waals surface area contributed by atoms with Crippen molar-refractivity contribution in [1.82, 2.24) is 4.98 Å². The van der Waals surface area contributed by atoms with E-state index in [0.717, 1.165) is 5.56 Å². The summed E-state index contributed by atoms with van der Waals surface area (Å²) in [4.78, 5) is 15.0. The lowest BCUT2D eigenvalue weighted by Gasteiger charge is -2.13. The normalized spacial score (nSPS) is 10.3. The Morgan fingerprint density at radius 1 is 1.32 bits per heavy atom. The van der Waals surface area contributed by atoms with Crippen molar-refractivity contribution in [3.05, 3.63) is 51.8 Å². The minimum atomic E-state index is -1.05. The van der Waals surface area contributed by atoms with Gasteiger partial charge < -0.3 is 10.4 Å². The average Bonchev–Trinajstić information content (AvgIpc) is 2.39. The van der Waals surface area contributed by atoms with Gasteiger partial charge in [0.1, 0.15) is 0 Å². The fourth-order valence-corrected chi connectivity index (χ4v) is 2.05. The third-order valence-corrected chi connectivity index (χ3v) is 3.40. The summed E-state index contributed by atoms with van der Waals surface area (Å²) in [6, 6.07) is 4.89. The van der Waals surface area contributed by atoms with Crippen molar-refractivity contribution in [2.75, 3.05) is 5.32 Å². The SMILES string of the molecule is Cc1ccc(Cl)c(Nc2cnccc2C(=O)O)c1Cl. The highest BCUT2D eigenvalue weighted by Gasteiger charge is 2.14. The largest absolute Gasteiger partial charge is 0.478 e. The Morgan fingerprint density at radius 3 is 2.74 bits per heavy atom. The van der Waals surface area contributed by atoms with Crippen molar-refractivity contribution < 1.29 is 9.90 Å². The van der Waals surface area contributed by atoms with Gasteiger partial charge in [-0.1, -0.05) is 29.3 Å². The highest BCUT2D eigenvalue weighted by Crippen LogP contribution is 2.35. The number of aryl methyl sites for hydroxylation is 1. The van der Waals surface area contributed by atoms with Gasteiger partial charge in [-0.3, -0.25) is 4.98 Å². The first-order valence-electron chi connectivity index (χ1n) is 5.39. The molecule has 0 saturated heterocycles. The number of aromatic nitrogens is 1. The molecule has 1 heterocycles. The molecular formula is C13H10Cl2N2O2. The second-order valence-electron chi connectivity index (χ2n) is 3.90. The van der Waals surface area contributed by atoms with Crippen LogP contribution in [0.3, 0.4) is 0 Å². The maximum Gasteiger partial charge on any atom is 0.337 e. The summed E-state index contributed by atoms with van der Waals surface area (Å²) in [6.07, 6.45) is 2.83. The van der Waals surface area contributed by atoms with Crippen molar-refractivity contribution in [1.29, 1.82) is 0 Å². The number of anilines is 2. The molecule has 0 aliphatic carbocycles. The van der Waals surface area contributed by atoms with E-state index in [1.807, 2.05) is 6.92 Å². The molecule has 6 heteroatoms. The topological polar surface area (TPSA) is 62.2 Å². The summed E-state index contributed by atoms with van der Waals surface area (Å²) in [5, 5.41) is 12.9. The van der Waals surface area contributed by atoms with Crippen LogP contribution in [0.1, 0.15) is 15.9 Å². The summed E-state index contributed by atoms with van der Waals surface area (Å²) in [6.45, 7) is 1.84. The fraction of sp³-hybridized carbons (Fsp3) is 0.0769. The molecule has 0 radical (unpaired) electrons. The molecule has 4 nitrogen and oxygen atoms in total. The minimum Gasteiger partial charge on any atom is -0.478 e. The van der Waals surface area contributed by atoms with Gasteiger partial charge in [-0.05, 0) is 24.6 Å². The molecule has 0 bridgehead atoms. The van der Waals surface area contributed by atoms with Gasteiger partial charge >= 0.3 is 5.97 Å². The molecule has 98 valence electrons. The number of benzene rings is 1. The number of carbonyl (C=O) groups is 1. The monoisotopic (exact) mass is 296 g/mol. The molecule has 0 atom stereocenters. The summed E-state index contributed by atoms with van der Waals surface area (Å²) in [7, 11) is 0. The average molecular weight is 297 g/mol. The second kappa shape index (κ2) is 5.47. The first kappa shape index (κ1) is 13.6. The van der Waals surface area contributed by atoms with Crippen LogP contribution in [0.2, 0.25) is 10.0 Å². The molecule has 0 saturated carbocycles. The van der Waals surface area contributed by atoms with Gasteiger partial charge in [0.15, 0.2) is 0 Å². The Balaban J connectivity index is 2.48. The van der Waals surface area contributed by atoms with Crippen molar-refractivity contribution in [2.45, 2.75) is 6.92 Å². The molecule has 19 heavy (non-hydrogen) atoms. The standard InChI is InChI=1S/C13H10Cl2N2O2/c1-7-2-3-9(14)12(11(7)15)17-10-6-16-5-4-8(10)13(18)19/h2-6,17H,1H3,(H,18,19). The molecule has 0 aliphatic rings. The zero-order valence-corrected chi connectivity index (χ0v) is 11.5. The Hall–Kier alpha value is -1.78. The number of nitrogens with one attached hydrogen (secondary N) is 1. The van der Waals surface area contributed by atoms with Gasteiger partial charge in [0, 0.05) is 6.20 Å². The summed E-state index contributed by atoms with van der Waals surface area (Å²) in [5.74, 6) is -1.05. The van der Waals surface area contributed by atoms with Gasteiger partial charge in [-0.15, -0.1) is 0 Å². The number of carboxylic acids is 1. The molecule has 0 fully saturated rings. The van der Waals surface area contributed by atoms with Crippen LogP contribution in [-0.2, 0) is 0 Å². The Bertz CT molecular complexity index is 645. The van der Waals surface area contributed by atoms with Crippen LogP contribution in [0.25, 0.3) is 0 Å². The van der Waals surface area contributed by atoms with Crippen molar-refractivity contribution >= 4 is 40.5 Å². The lowest BCUT2D eigenvalue weighted by Crippen LogP contribution is -2.04. The Kier molecular flexibility index (Phi) is 3.93. The van der Waals surface area contributed by atoms with E-state index in [1.54, 1.807) is 12.1 Å². The predicted molar refractivity (Wildman–Crippen MR) is 75.7 cm³/mol. The fourth-order valence-electron chi connectivity index (χ4n) is 1.59. The second-order valence-corrected chi connectivity index (χ2v) is 4.69. The van der Waals surface area contributed by atoms with Gasteiger partial charge in [0.25, 0.3) is 0 Å². The molecule has 2 N–H and O–H groups in total. The first-order valence-corrected chi connectivity index (χ1v) is 6.15. The Labute approximate surface area is 120 Å². The van der Waals surface area contributed by atoms with Crippen molar-refractivity contribution in [3.8, 4) is 0 Å². The quantitative estimate of drug-likeness (QED) is 0.893. The summed E-state index contributed by atoms with van der Waals surface area (Å²) >= 11 is 12.2. The molecule has 2 rings (SSSR count). The molecule has 1 aromatic carbocycles. The van der Waals surface area contributed by atoms with Crippen LogP contribution in [0, 0.1) is 6.92 Å². The molecular weight excluding hydrogens is 287 g/mol. The maximum atomic E-state index is 11.1. The van der Waals surface area contributed by atoms with Crippen LogP contribution in [0.15, 0.2) is 30.6 Å². The Morgan fingerprint density at radius 2 is 2.05 bits per heavy atom. The number of hydrogen-bond donors (Lipinski definition) is 2. The van der Waals surface area contributed by atoms with Crippen LogP contribution in [0.5, 0.6) is 0 Å². The zero-order chi connectivity index (χ0) is 14.0. The van der Waals surface area contributed by atoms with E-state index in [-0.39, 0.29) is 5.56 Å². The summed E-state index contributed by atoms with van der Waals surface area (Å²) < 4.78 is 0. The number of nitrogens with zero attached hydrogens (tertiary/aromatic N) is 1. The maximum absolute atomic E-state index is 11.1. The molecule has 0 spiro atoms. The van der Waals surface area contributed by atoms with E-state index < -0.39 is 5.97 Å². The number of rotatable bonds is 3. The number of hydrogen-bond acceptors (Lipinski definition) is 3. The molecule has 0 amide bonds. The van der Waals surface area contributed by atoms with Gasteiger partial charge in [0.2, 0.25) is 0 Å². The predicted octanol–water partition coefficient (Wildman–Crippen LogP) is 4.14. The van der Waals surface area contributed by atoms with E-state index in [2.05, 4.69) is 10.3 Å². The van der Waals surface area contributed by atoms with Crippen LogP contribution in [-0.4, -0.2) is 16.1 Å². The highest BCUT2D eigenvalue weighted by atomic mass is 35.5. The number of halogens is 2. The number of pyridine rings is 1. The van der Waals surface area contributed by atoms with Gasteiger partial charge in [-0.2, -0.15) is 0 Å². The van der Waals surface area contributed by atoms with E-state index in [0.29, 0.717) is 21.4 Å². The van der Waals surface area contributed by atoms with Gasteiger partial charge in [0.05, 0.1) is 33.2 Å². The zero-order valence-electron chi connectivity index (χ0n) is 9.95. The minimum absolute atomic E-state index is 0.101. The number of aromatic carboxylic acids is 1. The molecule has 0 unspecified atom stereocenters. The molecule has 2 aromatic rings. The van der Waals surface area contributed by atoms with Crippen LogP contribution >= 0.6 is 23.2 Å². The van der Waals surface area contributed by atoms with Crippen molar-refractivity contribution in [2.24, 2.45) is 0 Å². The molecule has 1 aromatic heterocycles. The van der Waals surface area contributed by atoms with E-state index >= 15 is 0 Å².